The molecule has 1 saturated carbocycles. The summed E-state index contributed by atoms with van der Waals surface area (Å²) in [6, 6.07) is 11.1. The Labute approximate surface area is 182 Å². The Morgan fingerprint density at radius 1 is 1.19 bits per heavy atom. The summed E-state index contributed by atoms with van der Waals surface area (Å²) in [6.45, 7) is 4.74. The first-order valence-electron chi connectivity index (χ1n) is 10.8. The molecular formula is C25H29NO5. The second kappa shape index (κ2) is 9.02. The first-order valence-corrected chi connectivity index (χ1v) is 10.8. The van der Waals surface area contributed by atoms with E-state index >= 15 is 0 Å². The fourth-order valence-electron chi connectivity index (χ4n) is 4.63. The van der Waals surface area contributed by atoms with E-state index in [0.717, 1.165) is 52.8 Å². The molecular weight excluding hydrogens is 394 g/mol. The van der Waals surface area contributed by atoms with Crippen molar-refractivity contribution in [3.05, 3.63) is 59.3 Å². The number of methoxy groups -OCH3 is 1. The number of aromatic amines is 1. The standard InChI is InChI=1S/C25H29NO5/c1-4-30-18-9-10-21(20(14-18)16-5-7-17(8-6-16)25(27)28)31-24-19-11-12-26-23(19)15(2)13-22(24)29-3/h5-8,11-13,18,20-21,26H,4,9-10,14H2,1-3H3,(H,27,28)/t18-,20+,21-/m0/s1. The predicted octanol–water partition coefficient (Wildman–Crippen LogP) is 5.30. The molecule has 31 heavy (non-hydrogen) atoms. The lowest BCUT2D eigenvalue weighted by molar-refractivity contribution is -0.00249. The van der Waals surface area contributed by atoms with Crippen molar-refractivity contribution >= 4 is 16.9 Å². The van der Waals surface area contributed by atoms with Crippen LogP contribution in [0.4, 0.5) is 0 Å². The first kappa shape index (κ1) is 21.2. The van der Waals surface area contributed by atoms with Gasteiger partial charge >= 0.3 is 5.97 Å². The quantitative estimate of drug-likeness (QED) is 0.539. The van der Waals surface area contributed by atoms with E-state index < -0.39 is 5.97 Å². The van der Waals surface area contributed by atoms with Crippen LogP contribution < -0.4 is 9.47 Å². The van der Waals surface area contributed by atoms with E-state index in [4.69, 9.17) is 14.2 Å². The molecule has 0 saturated heterocycles. The smallest absolute Gasteiger partial charge is 0.335 e. The average molecular weight is 424 g/mol. The SMILES string of the molecule is CCO[C@H]1CC[C@H](Oc2c(OC)cc(C)c3[nH]ccc23)[C@@H](c2ccc(C(=O)O)cc2)C1. The molecule has 2 aromatic carbocycles. The third kappa shape index (κ3) is 4.26. The number of ether oxygens (including phenoxy) is 3. The van der Waals surface area contributed by atoms with Crippen molar-refractivity contribution < 1.29 is 24.1 Å². The van der Waals surface area contributed by atoms with Crippen LogP contribution in [0, 0.1) is 6.92 Å². The van der Waals surface area contributed by atoms with E-state index in [1.165, 1.54) is 0 Å². The molecule has 1 aromatic heterocycles. The van der Waals surface area contributed by atoms with Crippen LogP contribution in [0.2, 0.25) is 0 Å². The normalized spacial score (nSPS) is 21.2. The Bertz CT molecular complexity index is 1060. The number of hydrogen-bond acceptors (Lipinski definition) is 4. The highest BCUT2D eigenvalue weighted by Crippen LogP contribution is 2.43. The number of carbonyl (C=O) groups is 1. The molecule has 1 aliphatic rings. The number of fused-ring (bicyclic) bond motifs is 1. The van der Waals surface area contributed by atoms with E-state index in [1.54, 1.807) is 19.2 Å². The Morgan fingerprint density at radius 2 is 1.97 bits per heavy atom. The van der Waals surface area contributed by atoms with Gasteiger partial charge in [-0.2, -0.15) is 0 Å². The lowest BCUT2D eigenvalue weighted by Crippen LogP contribution is -2.35. The highest BCUT2D eigenvalue weighted by atomic mass is 16.5. The van der Waals surface area contributed by atoms with Crippen molar-refractivity contribution in [3.8, 4) is 11.5 Å². The molecule has 6 heteroatoms. The van der Waals surface area contributed by atoms with Crippen molar-refractivity contribution in [2.24, 2.45) is 0 Å². The zero-order valence-corrected chi connectivity index (χ0v) is 18.2. The van der Waals surface area contributed by atoms with Gasteiger partial charge in [-0.3, -0.25) is 0 Å². The van der Waals surface area contributed by atoms with Crippen LogP contribution in [-0.4, -0.2) is 42.0 Å². The number of H-pyrrole nitrogens is 1. The van der Waals surface area contributed by atoms with Crippen LogP contribution in [0.15, 0.2) is 42.6 Å². The first-order chi connectivity index (χ1) is 15.0. The number of carboxylic acid groups (broad SMARTS) is 1. The number of aromatic carboxylic acids is 1. The zero-order valence-electron chi connectivity index (χ0n) is 18.2. The van der Waals surface area contributed by atoms with E-state index in [0.29, 0.717) is 6.61 Å². The van der Waals surface area contributed by atoms with Crippen LogP contribution in [0.1, 0.15) is 53.6 Å². The summed E-state index contributed by atoms with van der Waals surface area (Å²) in [5.74, 6) is 0.635. The number of rotatable bonds is 7. The summed E-state index contributed by atoms with van der Waals surface area (Å²) in [7, 11) is 1.66. The van der Waals surface area contributed by atoms with Crippen molar-refractivity contribution in [3.63, 3.8) is 0 Å². The Balaban J connectivity index is 1.69. The molecule has 1 heterocycles. The van der Waals surface area contributed by atoms with Crippen molar-refractivity contribution in [1.82, 2.24) is 4.98 Å². The summed E-state index contributed by atoms with van der Waals surface area (Å²) >= 11 is 0. The van der Waals surface area contributed by atoms with Crippen LogP contribution in [0.5, 0.6) is 11.5 Å². The summed E-state index contributed by atoms with van der Waals surface area (Å²) in [6.07, 6.45) is 4.61. The maximum absolute atomic E-state index is 11.3. The maximum Gasteiger partial charge on any atom is 0.335 e. The van der Waals surface area contributed by atoms with Crippen molar-refractivity contribution in [2.75, 3.05) is 13.7 Å². The molecule has 0 spiro atoms. The van der Waals surface area contributed by atoms with E-state index in [9.17, 15) is 9.90 Å². The lowest BCUT2D eigenvalue weighted by Gasteiger charge is -2.36. The molecule has 0 unspecified atom stereocenters. The highest BCUT2D eigenvalue weighted by Gasteiger charge is 2.34. The minimum atomic E-state index is -0.922. The van der Waals surface area contributed by atoms with E-state index in [-0.39, 0.29) is 23.7 Å². The molecule has 0 radical (unpaired) electrons. The number of aryl methyl sites for hydroxylation is 1. The summed E-state index contributed by atoms with van der Waals surface area (Å²) in [5, 5.41) is 10.2. The molecule has 0 bridgehead atoms. The molecule has 2 N–H and O–H groups in total. The Kier molecular flexibility index (Phi) is 6.18. The van der Waals surface area contributed by atoms with Gasteiger partial charge in [0.05, 0.1) is 24.3 Å². The minimum absolute atomic E-state index is 0.0675. The van der Waals surface area contributed by atoms with Gasteiger partial charge in [0.2, 0.25) is 0 Å². The van der Waals surface area contributed by atoms with Crippen molar-refractivity contribution in [1.29, 1.82) is 0 Å². The molecule has 6 nitrogen and oxygen atoms in total. The number of carboxylic acids is 1. The van der Waals surface area contributed by atoms with Gasteiger partial charge in [-0.1, -0.05) is 12.1 Å². The summed E-state index contributed by atoms with van der Waals surface area (Å²) in [4.78, 5) is 14.6. The fraction of sp³-hybridized carbons (Fsp3) is 0.400. The summed E-state index contributed by atoms with van der Waals surface area (Å²) in [5.41, 5.74) is 3.50. The zero-order chi connectivity index (χ0) is 22.0. The average Bonchev–Trinajstić information content (AvgIpc) is 3.27. The summed E-state index contributed by atoms with van der Waals surface area (Å²) < 4.78 is 18.3. The number of nitrogens with one attached hydrogen (secondary N) is 1. The van der Waals surface area contributed by atoms with Crippen molar-refractivity contribution in [2.45, 2.75) is 51.2 Å². The third-order valence-corrected chi connectivity index (χ3v) is 6.17. The van der Waals surface area contributed by atoms with Gasteiger partial charge in [0.1, 0.15) is 6.10 Å². The molecule has 164 valence electrons. The number of aromatic nitrogens is 1. The van der Waals surface area contributed by atoms with Gasteiger partial charge in [-0.05, 0) is 68.5 Å². The largest absolute Gasteiger partial charge is 0.493 e. The van der Waals surface area contributed by atoms with Gasteiger partial charge in [-0.25, -0.2) is 4.79 Å². The molecule has 3 aromatic rings. The second-order valence-electron chi connectivity index (χ2n) is 8.07. The molecule has 3 atom stereocenters. The molecule has 4 rings (SSSR count). The van der Waals surface area contributed by atoms with Gasteiger partial charge in [0, 0.05) is 24.1 Å². The Morgan fingerprint density at radius 3 is 2.65 bits per heavy atom. The molecule has 1 fully saturated rings. The van der Waals surface area contributed by atoms with Crippen LogP contribution in [-0.2, 0) is 4.74 Å². The lowest BCUT2D eigenvalue weighted by atomic mass is 9.79. The second-order valence-corrected chi connectivity index (χ2v) is 8.07. The number of benzene rings is 2. The van der Waals surface area contributed by atoms with Gasteiger partial charge < -0.3 is 24.3 Å². The molecule has 0 aliphatic heterocycles. The van der Waals surface area contributed by atoms with Crippen LogP contribution in [0.3, 0.4) is 0 Å². The third-order valence-electron chi connectivity index (χ3n) is 6.17. The van der Waals surface area contributed by atoms with Crippen LogP contribution >= 0.6 is 0 Å². The fourth-order valence-corrected chi connectivity index (χ4v) is 4.63. The predicted molar refractivity (Wildman–Crippen MR) is 119 cm³/mol. The molecule has 1 aliphatic carbocycles. The van der Waals surface area contributed by atoms with Gasteiger partial charge in [0.25, 0.3) is 0 Å². The minimum Gasteiger partial charge on any atom is -0.493 e. The van der Waals surface area contributed by atoms with E-state index in [1.807, 2.05) is 44.3 Å². The Hall–Kier alpha value is -2.99. The number of hydrogen-bond donors (Lipinski definition) is 2. The monoisotopic (exact) mass is 423 g/mol. The van der Waals surface area contributed by atoms with Crippen LogP contribution in [0.25, 0.3) is 10.9 Å². The topological polar surface area (TPSA) is 80.8 Å². The highest BCUT2D eigenvalue weighted by molar-refractivity contribution is 5.91. The van der Waals surface area contributed by atoms with Gasteiger partial charge in [-0.15, -0.1) is 0 Å². The molecule has 0 amide bonds. The van der Waals surface area contributed by atoms with Gasteiger partial charge in [0.15, 0.2) is 11.5 Å². The van der Waals surface area contributed by atoms with E-state index in [2.05, 4.69) is 4.98 Å². The maximum atomic E-state index is 11.3.